The fraction of sp³-hybridized carbons (Fsp3) is 0.250. The molecule has 0 aromatic heterocycles. The number of rotatable bonds is 2. The lowest BCUT2D eigenvalue weighted by atomic mass is 10.2. The highest BCUT2D eigenvalue weighted by molar-refractivity contribution is 14.1. The van der Waals surface area contributed by atoms with Crippen LogP contribution in [-0.4, -0.2) is 10.2 Å². The van der Waals surface area contributed by atoms with Crippen LogP contribution in [0.1, 0.15) is 5.56 Å². The molecule has 1 rings (SSSR count). The average molecular weight is 511 g/mol. The van der Waals surface area contributed by atoms with Gasteiger partial charge in [-0.25, -0.2) is 0 Å². The number of hydrogen-bond acceptors (Lipinski definition) is 0. The van der Waals surface area contributed by atoms with Gasteiger partial charge in [-0.05, 0) is 91.9 Å². The van der Waals surface area contributed by atoms with Gasteiger partial charge in [0.2, 0.25) is 0 Å². The summed E-state index contributed by atoms with van der Waals surface area (Å²) in [4.78, 5) is 0. The molecule has 0 amide bonds. The first-order chi connectivity index (χ1) is 5.65. The molecule has 3 radical (unpaired) electrons. The van der Waals surface area contributed by atoms with E-state index in [4.69, 9.17) is 0 Å². The third kappa shape index (κ3) is 3.09. The zero-order valence-corrected chi connectivity index (χ0v) is 13.7. The van der Waals surface area contributed by atoms with Crippen LogP contribution < -0.4 is 0 Å². The van der Waals surface area contributed by atoms with E-state index in [1.807, 2.05) is 0 Å². The molecule has 1 aromatic rings. The SMILES string of the molecule is [Si]CCc1cc(I)c(I)c(I)c1. The molecule has 0 fully saturated rings. The zero-order chi connectivity index (χ0) is 9.14. The molecule has 0 saturated carbocycles. The summed E-state index contributed by atoms with van der Waals surface area (Å²) in [5, 5.41) is 0. The zero-order valence-electron chi connectivity index (χ0n) is 6.20. The van der Waals surface area contributed by atoms with E-state index in [0.717, 1.165) is 12.5 Å². The van der Waals surface area contributed by atoms with Gasteiger partial charge in [0.1, 0.15) is 0 Å². The Morgan fingerprint density at radius 1 is 1.08 bits per heavy atom. The van der Waals surface area contributed by atoms with Gasteiger partial charge in [0.15, 0.2) is 0 Å². The highest BCUT2D eigenvalue weighted by Gasteiger charge is 2.03. The van der Waals surface area contributed by atoms with Crippen LogP contribution in [-0.2, 0) is 6.42 Å². The summed E-state index contributed by atoms with van der Waals surface area (Å²) in [6, 6.07) is 5.54. The predicted molar refractivity (Wildman–Crippen MR) is 78.9 cm³/mol. The standard InChI is InChI=1S/C8H6I3Si/c9-6-3-5(1-2-12)4-7(10)8(6)11/h3-4H,1-2H2. The molecular formula is C8H6I3Si. The van der Waals surface area contributed by atoms with Gasteiger partial charge in [-0.15, -0.1) is 0 Å². The lowest BCUT2D eigenvalue weighted by Gasteiger charge is -2.04. The summed E-state index contributed by atoms with van der Waals surface area (Å²) >= 11 is 7.16. The van der Waals surface area contributed by atoms with Crippen molar-refractivity contribution in [1.29, 1.82) is 0 Å². The second-order valence-corrected chi connectivity index (χ2v) is 6.28. The van der Waals surface area contributed by atoms with Crippen molar-refractivity contribution < 1.29 is 0 Å². The van der Waals surface area contributed by atoms with Crippen LogP contribution in [0.3, 0.4) is 0 Å². The third-order valence-electron chi connectivity index (χ3n) is 1.46. The molecule has 0 unspecified atom stereocenters. The Morgan fingerprint density at radius 2 is 1.58 bits per heavy atom. The van der Waals surface area contributed by atoms with E-state index >= 15 is 0 Å². The molecule has 0 aliphatic carbocycles. The topological polar surface area (TPSA) is 0 Å². The lowest BCUT2D eigenvalue weighted by molar-refractivity contribution is 1.12. The highest BCUT2D eigenvalue weighted by Crippen LogP contribution is 2.23. The van der Waals surface area contributed by atoms with Crippen molar-refractivity contribution in [3.63, 3.8) is 0 Å². The Hall–Kier alpha value is 1.63. The van der Waals surface area contributed by atoms with E-state index in [2.05, 4.69) is 90.1 Å². The van der Waals surface area contributed by atoms with Crippen LogP contribution in [0.4, 0.5) is 0 Å². The van der Waals surface area contributed by atoms with Crippen molar-refractivity contribution in [2.24, 2.45) is 0 Å². The molecule has 63 valence electrons. The smallest absolute Gasteiger partial charge is 0.0397 e. The van der Waals surface area contributed by atoms with Gasteiger partial charge in [0, 0.05) is 21.0 Å². The van der Waals surface area contributed by atoms with Gasteiger partial charge in [-0.1, -0.05) is 6.04 Å². The van der Waals surface area contributed by atoms with E-state index in [-0.39, 0.29) is 0 Å². The minimum Gasteiger partial charge on any atom is -0.0597 e. The monoisotopic (exact) mass is 511 g/mol. The molecule has 0 bridgehead atoms. The molecule has 12 heavy (non-hydrogen) atoms. The summed E-state index contributed by atoms with van der Waals surface area (Å²) in [6.45, 7) is 0. The van der Waals surface area contributed by atoms with E-state index in [0.29, 0.717) is 0 Å². The van der Waals surface area contributed by atoms with Gasteiger partial charge in [0.05, 0.1) is 0 Å². The lowest BCUT2D eigenvalue weighted by Crippen LogP contribution is -1.91. The second-order valence-electron chi connectivity index (χ2n) is 2.37. The first-order valence-corrected chi connectivity index (χ1v) is 7.37. The molecular weight excluding hydrogens is 505 g/mol. The van der Waals surface area contributed by atoms with Crippen molar-refractivity contribution in [3.05, 3.63) is 28.4 Å². The van der Waals surface area contributed by atoms with E-state index < -0.39 is 0 Å². The molecule has 0 N–H and O–H groups in total. The Bertz CT molecular complexity index is 263. The van der Waals surface area contributed by atoms with Crippen molar-refractivity contribution in [1.82, 2.24) is 0 Å². The van der Waals surface area contributed by atoms with E-state index in [1.165, 1.54) is 16.3 Å². The van der Waals surface area contributed by atoms with Crippen molar-refractivity contribution in [2.75, 3.05) is 0 Å². The number of aryl methyl sites for hydroxylation is 1. The van der Waals surface area contributed by atoms with Crippen molar-refractivity contribution in [3.8, 4) is 0 Å². The fourth-order valence-electron chi connectivity index (χ4n) is 0.897. The van der Waals surface area contributed by atoms with Crippen LogP contribution in [0.25, 0.3) is 0 Å². The van der Waals surface area contributed by atoms with E-state index in [1.54, 1.807) is 0 Å². The summed E-state index contributed by atoms with van der Waals surface area (Å²) < 4.78 is 4.08. The molecule has 0 saturated heterocycles. The summed E-state index contributed by atoms with van der Waals surface area (Å²) in [5.41, 5.74) is 1.42. The van der Waals surface area contributed by atoms with Crippen molar-refractivity contribution >= 4 is 78.0 Å². The minimum atomic E-state index is 1.03. The molecule has 0 spiro atoms. The summed E-state index contributed by atoms with van der Waals surface area (Å²) in [5.74, 6) is 0. The minimum absolute atomic E-state index is 1.03. The van der Waals surface area contributed by atoms with Crippen LogP contribution in [0.5, 0.6) is 0 Å². The molecule has 4 heteroatoms. The number of benzene rings is 1. The fourth-order valence-corrected chi connectivity index (χ4v) is 3.39. The molecule has 0 nitrogen and oxygen atoms in total. The maximum absolute atomic E-state index is 3.49. The van der Waals surface area contributed by atoms with Crippen LogP contribution in [0.15, 0.2) is 12.1 Å². The second kappa shape index (κ2) is 5.49. The van der Waals surface area contributed by atoms with Crippen molar-refractivity contribution in [2.45, 2.75) is 12.5 Å². The maximum atomic E-state index is 3.49. The van der Waals surface area contributed by atoms with Gasteiger partial charge in [0.25, 0.3) is 0 Å². The predicted octanol–water partition coefficient (Wildman–Crippen LogP) is 3.63. The Balaban J connectivity index is 3.04. The van der Waals surface area contributed by atoms with Gasteiger partial charge < -0.3 is 0 Å². The average Bonchev–Trinajstić information content (AvgIpc) is 2.01. The largest absolute Gasteiger partial charge is 0.0597 e. The normalized spacial score (nSPS) is 10.3. The van der Waals surface area contributed by atoms with E-state index in [9.17, 15) is 0 Å². The van der Waals surface area contributed by atoms with Crippen LogP contribution in [0.2, 0.25) is 6.04 Å². The summed E-state index contributed by atoms with van der Waals surface area (Å²) in [6.07, 6.45) is 1.11. The Labute approximate surface area is 117 Å². The Morgan fingerprint density at radius 3 is 2.00 bits per heavy atom. The summed E-state index contributed by atoms with van der Waals surface area (Å²) in [7, 11) is 3.49. The first kappa shape index (κ1) is 11.7. The van der Waals surface area contributed by atoms with Crippen LogP contribution in [0, 0.1) is 10.7 Å². The molecule has 0 aliphatic heterocycles. The first-order valence-electron chi connectivity index (χ1n) is 3.43. The van der Waals surface area contributed by atoms with Gasteiger partial charge in [-0.3, -0.25) is 0 Å². The quantitative estimate of drug-likeness (QED) is 0.324. The number of halogens is 3. The van der Waals surface area contributed by atoms with Gasteiger partial charge in [-0.2, -0.15) is 0 Å². The van der Waals surface area contributed by atoms with Gasteiger partial charge >= 0.3 is 0 Å². The Kier molecular flexibility index (Phi) is 5.36. The molecule has 1 aromatic carbocycles. The van der Waals surface area contributed by atoms with Crippen LogP contribution >= 0.6 is 67.8 Å². The highest BCUT2D eigenvalue weighted by atomic mass is 127. The third-order valence-corrected chi connectivity index (χ3v) is 6.64. The molecule has 0 heterocycles. The molecule has 0 atom stereocenters. The maximum Gasteiger partial charge on any atom is 0.0397 e. The number of hydrogen-bond donors (Lipinski definition) is 0. The molecule has 0 aliphatic rings.